The van der Waals surface area contributed by atoms with Crippen LogP contribution in [0.3, 0.4) is 0 Å². The number of carbonyl (C=O) groups excluding carboxylic acids is 1. The fraction of sp³-hybridized carbons (Fsp3) is 0.261. The molecule has 0 aromatic heterocycles. The summed E-state index contributed by atoms with van der Waals surface area (Å²) < 4.78 is 32.8. The standard InChI is InChI=1S/C23H25N3O4S/c24-19-8-10-20(11-9-19)31(28,29)26-15-13-25(14-16-26)23(27)12-17-30-22-7-3-5-18-4-1-2-6-21(18)22/h1-11H,12-17,24H2. The molecule has 1 aliphatic heterocycles. The van der Waals surface area contributed by atoms with Gasteiger partial charge >= 0.3 is 0 Å². The molecule has 1 heterocycles. The highest BCUT2D eigenvalue weighted by Crippen LogP contribution is 2.25. The van der Waals surface area contributed by atoms with Crippen LogP contribution >= 0.6 is 0 Å². The summed E-state index contributed by atoms with van der Waals surface area (Å²) >= 11 is 0. The number of carbonyl (C=O) groups is 1. The second kappa shape index (κ2) is 8.95. The zero-order valence-electron chi connectivity index (χ0n) is 17.1. The fourth-order valence-corrected chi connectivity index (χ4v) is 5.12. The van der Waals surface area contributed by atoms with Crippen LogP contribution in [0.4, 0.5) is 5.69 Å². The summed E-state index contributed by atoms with van der Waals surface area (Å²) in [5, 5.41) is 2.10. The molecule has 1 amide bonds. The van der Waals surface area contributed by atoms with Crippen molar-refractivity contribution in [1.29, 1.82) is 0 Å². The Hall–Kier alpha value is -3.10. The second-order valence-corrected chi connectivity index (χ2v) is 9.37. The quantitative estimate of drug-likeness (QED) is 0.596. The van der Waals surface area contributed by atoms with Gasteiger partial charge in [0.05, 0.1) is 17.9 Å². The molecule has 31 heavy (non-hydrogen) atoms. The Morgan fingerprint density at radius 2 is 1.58 bits per heavy atom. The van der Waals surface area contributed by atoms with Crippen molar-refractivity contribution in [3.05, 3.63) is 66.7 Å². The number of sulfonamides is 1. The van der Waals surface area contributed by atoms with Crippen LogP contribution in [0.25, 0.3) is 10.8 Å². The van der Waals surface area contributed by atoms with Crippen LogP contribution in [0.1, 0.15) is 6.42 Å². The molecule has 7 nitrogen and oxygen atoms in total. The van der Waals surface area contributed by atoms with Gasteiger partial charge in [-0.2, -0.15) is 4.31 Å². The Morgan fingerprint density at radius 3 is 2.32 bits per heavy atom. The maximum absolute atomic E-state index is 12.8. The summed E-state index contributed by atoms with van der Waals surface area (Å²) in [4.78, 5) is 14.5. The van der Waals surface area contributed by atoms with Gasteiger partial charge in [0.25, 0.3) is 0 Å². The third kappa shape index (κ3) is 4.65. The summed E-state index contributed by atoms with van der Waals surface area (Å²) in [5.41, 5.74) is 6.16. The largest absolute Gasteiger partial charge is 0.492 e. The molecule has 0 unspecified atom stereocenters. The molecule has 0 aliphatic carbocycles. The first-order valence-corrected chi connectivity index (χ1v) is 11.6. The van der Waals surface area contributed by atoms with Crippen molar-refractivity contribution in [3.63, 3.8) is 0 Å². The maximum Gasteiger partial charge on any atom is 0.243 e. The smallest absolute Gasteiger partial charge is 0.243 e. The molecule has 3 aromatic carbocycles. The highest BCUT2D eigenvalue weighted by atomic mass is 32.2. The van der Waals surface area contributed by atoms with Gasteiger partial charge in [-0.1, -0.05) is 36.4 Å². The average Bonchev–Trinajstić information content (AvgIpc) is 2.79. The number of hydrogen-bond donors (Lipinski definition) is 1. The topological polar surface area (TPSA) is 92.9 Å². The first-order valence-electron chi connectivity index (χ1n) is 10.2. The van der Waals surface area contributed by atoms with Crippen molar-refractivity contribution in [2.45, 2.75) is 11.3 Å². The Labute approximate surface area is 182 Å². The molecule has 3 aromatic rings. The molecule has 8 heteroatoms. The fourth-order valence-electron chi connectivity index (χ4n) is 3.69. The van der Waals surface area contributed by atoms with Gasteiger partial charge in [-0.3, -0.25) is 4.79 Å². The van der Waals surface area contributed by atoms with E-state index in [0.717, 1.165) is 16.5 Å². The molecular formula is C23H25N3O4S. The van der Waals surface area contributed by atoms with Crippen molar-refractivity contribution in [1.82, 2.24) is 9.21 Å². The van der Waals surface area contributed by atoms with Crippen LogP contribution in [0, 0.1) is 0 Å². The second-order valence-electron chi connectivity index (χ2n) is 7.43. The summed E-state index contributed by atoms with van der Waals surface area (Å²) in [6, 6.07) is 19.9. The minimum absolute atomic E-state index is 0.0373. The molecule has 1 aliphatic rings. The van der Waals surface area contributed by atoms with Crippen LogP contribution in [-0.4, -0.2) is 56.3 Å². The van der Waals surface area contributed by atoms with Gasteiger partial charge in [0.1, 0.15) is 5.75 Å². The molecule has 0 spiro atoms. The number of fused-ring (bicyclic) bond motifs is 1. The Kier molecular flexibility index (Phi) is 6.11. The lowest BCUT2D eigenvalue weighted by Gasteiger charge is -2.34. The van der Waals surface area contributed by atoms with E-state index in [-0.39, 0.29) is 36.9 Å². The van der Waals surface area contributed by atoms with E-state index >= 15 is 0 Å². The number of amides is 1. The molecule has 0 saturated carbocycles. The number of piperazine rings is 1. The van der Waals surface area contributed by atoms with Gasteiger partial charge in [-0.25, -0.2) is 8.42 Å². The number of ether oxygens (including phenoxy) is 1. The van der Waals surface area contributed by atoms with E-state index in [1.807, 2.05) is 42.5 Å². The molecule has 0 bridgehead atoms. The maximum atomic E-state index is 12.8. The lowest BCUT2D eigenvalue weighted by atomic mass is 10.1. The predicted molar refractivity (Wildman–Crippen MR) is 120 cm³/mol. The summed E-state index contributed by atoms with van der Waals surface area (Å²) in [5.74, 6) is 0.718. The van der Waals surface area contributed by atoms with Crippen LogP contribution in [0.5, 0.6) is 5.75 Å². The molecule has 4 rings (SSSR count). The van der Waals surface area contributed by atoms with Crippen LogP contribution in [0.15, 0.2) is 71.6 Å². The Morgan fingerprint density at radius 1 is 0.903 bits per heavy atom. The van der Waals surface area contributed by atoms with E-state index in [0.29, 0.717) is 18.8 Å². The normalized spacial score (nSPS) is 15.2. The van der Waals surface area contributed by atoms with E-state index in [9.17, 15) is 13.2 Å². The lowest BCUT2D eigenvalue weighted by molar-refractivity contribution is -0.132. The number of hydrogen-bond acceptors (Lipinski definition) is 5. The zero-order chi connectivity index (χ0) is 21.8. The summed E-state index contributed by atoms with van der Waals surface area (Å²) in [6.45, 7) is 1.53. The van der Waals surface area contributed by atoms with Crippen molar-refractivity contribution in [2.75, 3.05) is 38.5 Å². The van der Waals surface area contributed by atoms with Crippen molar-refractivity contribution in [3.8, 4) is 5.75 Å². The molecule has 1 fully saturated rings. The van der Waals surface area contributed by atoms with E-state index in [1.54, 1.807) is 17.0 Å². The van der Waals surface area contributed by atoms with E-state index in [2.05, 4.69) is 0 Å². The van der Waals surface area contributed by atoms with Gasteiger partial charge in [0.15, 0.2) is 0 Å². The van der Waals surface area contributed by atoms with Crippen molar-refractivity contribution < 1.29 is 17.9 Å². The Balaban J connectivity index is 1.30. The number of rotatable bonds is 6. The van der Waals surface area contributed by atoms with Crippen molar-refractivity contribution in [2.24, 2.45) is 0 Å². The van der Waals surface area contributed by atoms with Crippen LogP contribution in [-0.2, 0) is 14.8 Å². The van der Waals surface area contributed by atoms with Gasteiger partial charge in [-0.05, 0) is 35.7 Å². The van der Waals surface area contributed by atoms with Crippen LogP contribution in [0.2, 0.25) is 0 Å². The number of nitrogen functional groups attached to an aromatic ring is 1. The average molecular weight is 440 g/mol. The number of benzene rings is 3. The predicted octanol–water partition coefficient (Wildman–Crippen LogP) is 2.72. The molecule has 1 saturated heterocycles. The minimum Gasteiger partial charge on any atom is -0.492 e. The third-order valence-corrected chi connectivity index (χ3v) is 7.35. The number of anilines is 1. The molecule has 0 radical (unpaired) electrons. The van der Waals surface area contributed by atoms with E-state index < -0.39 is 10.0 Å². The molecule has 2 N–H and O–H groups in total. The van der Waals surface area contributed by atoms with Gasteiger partial charge in [-0.15, -0.1) is 0 Å². The van der Waals surface area contributed by atoms with Crippen molar-refractivity contribution >= 4 is 32.4 Å². The first-order chi connectivity index (χ1) is 14.9. The summed E-state index contributed by atoms with van der Waals surface area (Å²) in [7, 11) is -3.59. The number of nitrogens with zero attached hydrogens (tertiary/aromatic N) is 2. The van der Waals surface area contributed by atoms with Crippen LogP contribution < -0.4 is 10.5 Å². The third-order valence-electron chi connectivity index (χ3n) is 5.43. The highest BCUT2D eigenvalue weighted by molar-refractivity contribution is 7.89. The lowest BCUT2D eigenvalue weighted by Crippen LogP contribution is -2.50. The zero-order valence-corrected chi connectivity index (χ0v) is 17.9. The van der Waals surface area contributed by atoms with E-state index in [4.69, 9.17) is 10.5 Å². The minimum atomic E-state index is -3.59. The highest BCUT2D eigenvalue weighted by Gasteiger charge is 2.29. The first kappa shape index (κ1) is 21.1. The van der Waals surface area contributed by atoms with E-state index in [1.165, 1.54) is 16.4 Å². The van der Waals surface area contributed by atoms with Gasteiger partial charge in [0, 0.05) is 37.3 Å². The molecule has 162 valence electrons. The van der Waals surface area contributed by atoms with Gasteiger partial charge in [0.2, 0.25) is 15.9 Å². The number of nitrogens with two attached hydrogens (primary N) is 1. The van der Waals surface area contributed by atoms with Gasteiger partial charge < -0.3 is 15.4 Å². The summed E-state index contributed by atoms with van der Waals surface area (Å²) in [6.07, 6.45) is 0.244. The SMILES string of the molecule is Nc1ccc(S(=O)(=O)N2CCN(C(=O)CCOc3cccc4ccccc34)CC2)cc1. The molecule has 0 atom stereocenters. The monoisotopic (exact) mass is 439 g/mol. The Bertz CT molecular complexity index is 1170. The molecular weight excluding hydrogens is 414 g/mol.